The molecule has 0 unspecified atom stereocenters. The second-order valence-corrected chi connectivity index (χ2v) is 9.16. The molecule has 0 saturated heterocycles. The lowest BCUT2D eigenvalue weighted by molar-refractivity contribution is 0.104. The van der Waals surface area contributed by atoms with Crippen LogP contribution in [0.5, 0.6) is 0 Å². The Morgan fingerprint density at radius 3 is 1.50 bits per heavy atom. The van der Waals surface area contributed by atoms with Gasteiger partial charge in [0.2, 0.25) is 0 Å². The molecule has 0 spiro atoms. The van der Waals surface area contributed by atoms with Crippen LogP contribution in [0.3, 0.4) is 0 Å². The Bertz CT molecular complexity index is 1010. The lowest BCUT2D eigenvalue weighted by Crippen LogP contribution is -2.01. The van der Waals surface area contributed by atoms with E-state index in [4.69, 9.17) is 0 Å². The van der Waals surface area contributed by atoms with Crippen molar-refractivity contribution in [1.82, 2.24) is 0 Å². The first kappa shape index (κ1) is 17.9. The Balaban J connectivity index is 1.81. The maximum Gasteiger partial charge on any atom is 0.195 e. The molecular weight excluding hydrogens is 492 g/mol. The molecule has 0 aliphatic rings. The lowest BCUT2D eigenvalue weighted by Gasteiger charge is -2.08. The molecule has 4 rings (SSSR count). The van der Waals surface area contributed by atoms with E-state index < -0.39 is 0 Å². The fraction of sp³-hybridized carbons (Fsp3) is 0. The summed E-state index contributed by atoms with van der Waals surface area (Å²) in [6, 6.07) is 19.9. The zero-order valence-electron chi connectivity index (χ0n) is 13.4. The molecule has 4 aromatic rings. The summed E-state index contributed by atoms with van der Waals surface area (Å²) < 4.78 is 1.99. The first-order valence-electron chi connectivity index (χ1n) is 7.86. The van der Waals surface area contributed by atoms with E-state index in [1.165, 1.54) is 0 Å². The van der Waals surface area contributed by atoms with Crippen molar-refractivity contribution in [3.05, 3.63) is 91.5 Å². The van der Waals surface area contributed by atoms with E-state index >= 15 is 0 Å². The van der Waals surface area contributed by atoms with E-state index in [0.717, 1.165) is 41.0 Å². The molecule has 0 aliphatic heterocycles. The van der Waals surface area contributed by atoms with Crippen LogP contribution in [0.4, 0.5) is 0 Å². The highest BCUT2D eigenvalue weighted by molar-refractivity contribution is 9.11. The number of hydrogen-bond donors (Lipinski definition) is 0. The zero-order valence-corrected chi connectivity index (χ0v) is 18.2. The normalized spacial score (nSPS) is 10.8. The van der Waals surface area contributed by atoms with Crippen molar-refractivity contribution >= 4 is 60.3 Å². The van der Waals surface area contributed by atoms with E-state index in [2.05, 4.69) is 31.9 Å². The topological polar surface area (TPSA) is 17.1 Å². The summed E-state index contributed by atoms with van der Waals surface area (Å²) in [5.74, 6) is 0.0593. The van der Waals surface area contributed by atoms with Crippen molar-refractivity contribution in [2.45, 2.75) is 0 Å². The van der Waals surface area contributed by atoms with Gasteiger partial charge in [0.05, 0.1) is 0 Å². The highest BCUT2D eigenvalue weighted by atomic mass is 79.9. The fourth-order valence-electron chi connectivity index (χ4n) is 2.83. The van der Waals surface area contributed by atoms with E-state index in [9.17, 15) is 4.79 Å². The third kappa shape index (κ3) is 3.25. The summed E-state index contributed by atoms with van der Waals surface area (Å²) >= 11 is 10.4. The van der Waals surface area contributed by atoms with Crippen molar-refractivity contribution in [2.24, 2.45) is 0 Å². The molecule has 5 heteroatoms. The van der Waals surface area contributed by atoms with E-state index in [1.807, 2.05) is 71.4 Å². The number of carbonyl (C=O) groups excluding carboxylic acids is 1. The van der Waals surface area contributed by atoms with E-state index in [1.54, 1.807) is 22.7 Å². The molecule has 0 saturated carbocycles. The molecule has 2 aromatic heterocycles. The third-order valence-corrected chi connectivity index (χ3v) is 7.34. The van der Waals surface area contributed by atoms with Crippen LogP contribution in [0.25, 0.3) is 20.9 Å². The molecule has 0 N–H and O–H groups in total. The SMILES string of the molecule is O=C(c1ccsc1-c1ccccc1Br)c1ccsc1-c1ccccc1Br. The van der Waals surface area contributed by atoms with Gasteiger partial charge in [-0.1, -0.05) is 68.3 Å². The Hall–Kier alpha value is -1.53. The fourth-order valence-corrected chi connectivity index (χ4v) is 5.92. The van der Waals surface area contributed by atoms with Crippen molar-refractivity contribution in [1.29, 1.82) is 0 Å². The van der Waals surface area contributed by atoms with Crippen LogP contribution in [0.1, 0.15) is 15.9 Å². The van der Waals surface area contributed by atoms with Gasteiger partial charge < -0.3 is 0 Å². The molecule has 0 atom stereocenters. The summed E-state index contributed by atoms with van der Waals surface area (Å²) in [5, 5.41) is 3.96. The monoisotopic (exact) mass is 502 g/mol. The standard InChI is InChI=1S/C21H12Br2OS2/c22-17-7-3-1-5-13(17)20-15(9-11-25-20)19(24)16-10-12-26-21(16)14-6-2-4-8-18(14)23/h1-12H. The number of halogens is 2. The summed E-state index contributed by atoms with van der Waals surface area (Å²) in [5.41, 5.74) is 3.58. The van der Waals surface area contributed by atoms with Crippen LogP contribution in [0, 0.1) is 0 Å². The minimum absolute atomic E-state index is 0.0593. The summed E-state index contributed by atoms with van der Waals surface area (Å²) in [6.45, 7) is 0. The molecule has 128 valence electrons. The highest BCUT2D eigenvalue weighted by Crippen LogP contribution is 2.39. The maximum absolute atomic E-state index is 13.4. The second-order valence-electron chi connectivity index (χ2n) is 5.62. The van der Waals surface area contributed by atoms with Crippen LogP contribution in [-0.4, -0.2) is 5.78 Å². The average molecular weight is 504 g/mol. The Labute approximate surface area is 176 Å². The van der Waals surface area contributed by atoms with Crippen LogP contribution >= 0.6 is 54.5 Å². The van der Waals surface area contributed by atoms with Crippen molar-refractivity contribution in [3.63, 3.8) is 0 Å². The van der Waals surface area contributed by atoms with Gasteiger partial charge in [0.25, 0.3) is 0 Å². The zero-order chi connectivity index (χ0) is 18.1. The van der Waals surface area contributed by atoms with Crippen molar-refractivity contribution < 1.29 is 4.79 Å². The molecule has 0 radical (unpaired) electrons. The smallest absolute Gasteiger partial charge is 0.195 e. The molecule has 0 aliphatic carbocycles. The average Bonchev–Trinajstić information content (AvgIpc) is 3.31. The number of thiophene rings is 2. The number of benzene rings is 2. The summed E-state index contributed by atoms with van der Waals surface area (Å²) in [6.07, 6.45) is 0. The lowest BCUT2D eigenvalue weighted by atomic mass is 9.99. The van der Waals surface area contributed by atoms with Crippen LogP contribution in [0.15, 0.2) is 80.4 Å². The molecular formula is C21H12Br2OS2. The summed E-state index contributed by atoms with van der Waals surface area (Å²) in [4.78, 5) is 15.3. The van der Waals surface area contributed by atoms with E-state index in [0.29, 0.717) is 0 Å². The van der Waals surface area contributed by atoms with E-state index in [-0.39, 0.29) is 5.78 Å². The van der Waals surface area contributed by atoms with Gasteiger partial charge in [-0.2, -0.15) is 0 Å². The van der Waals surface area contributed by atoms with Gasteiger partial charge in [0, 0.05) is 41.0 Å². The molecule has 2 heterocycles. The highest BCUT2D eigenvalue weighted by Gasteiger charge is 2.22. The minimum Gasteiger partial charge on any atom is -0.289 e. The van der Waals surface area contributed by atoms with Crippen LogP contribution in [-0.2, 0) is 0 Å². The number of ketones is 1. The molecule has 0 fully saturated rings. The molecule has 26 heavy (non-hydrogen) atoms. The predicted molar refractivity (Wildman–Crippen MR) is 118 cm³/mol. The number of hydrogen-bond acceptors (Lipinski definition) is 3. The Morgan fingerprint density at radius 2 is 1.08 bits per heavy atom. The van der Waals surface area contributed by atoms with Crippen molar-refractivity contribution in [3.8, 4) is 20.9 Å². The van der Waals surface area contributed by atoms with Gasteiger partial charge in [-0.3, -0.25) is 4.79 Å². The number of carbonyl (C=O) groups is 1. The van der Waals surface area contributed by atoms with Gasteiger partial charge in [0.15, 0.2) is 5.78 Å². The van der Waals surface area contributed by atoms with Crippen LogP contribution in [0.2, 0.25) is 0 Å². The Kier molecular flexibility index (Phi) is 5.23. The second kappa shape index (κ2) is 7.61. The molecule has 0 bridgehead atoms. The third-order valence-electron chi connectivity index (χ3n) is 4.06. The van der Waals surface area contributed by atoms with Crippen LogP contribution < -0.4 is 0 Å². The maximum atomic E-state index is 13.4. The Morgan fingerprint density at radius 1 is 0.654 bits per heavy atom. The number of rotatable bonds is 4. The first-order valence-corrected chi connectivity index (χ1v) is 11.2. The van der Waals surface area contributed by atoms with Gasteiger partial charge in [0.1, 0.15) is 0 Å². The van der Waals surface area contributed by atoms with Gasteiger partial charge in [-0.05, 0) is 35.0 Å². The predicted octanol–water partition coefficient (Wildman–Crippen LogP) is 7.90. The molecule has 0 amide bonds. The van der Waals surface area contributed by atoms with Gasteiger partial charge in [-0.25, -0.2) is 0 Å². The van der Waals surface area contributed by atoms with Gasteiger partial charge >= 0.3 is 0 Å². The quantitative estimate of drug-likeness (QED) is 0.258. The van der Waals surface area contributed by atoms with Crippen molar-refractivity contribution in [2.75, 3.05) is 0 Å². The van der Waals surface area contributed by atoms with Gasteiger partial charge in [-0.15, -0.1) is 22.7 Å². The first-order chi connectivity index (χ1) is 12.7. The largest absolute Gasteiger partial charge is 0.289 e. The minimum atomic E-state index is 0.0593. The molecule has 1 nitrogen and oxygen atoms in total. The molecule has 2 aromatic carbocycles. The summed E-state index contributed by atoms with van der Waals surface area (Å²) in [7, 11) is 0.